The average Bonchev–Trinajstić information content (AvgIpc) is 2.31. The van der Waals surface area contributed by atoms with Gasteiger partial charge >= 0.3 is 0 Å². The first-order valence-corrected chi connectivity index (χ1v) is 7.61. The lowest BCUT2D eigenvalue weighted by molar-refractivity contribution is 0.550. The van der Waals surface area contributed by atoms with Crippen molar-refractivity contribution in [3.63, 3.8) is 0 Å². The zero-order valence-electron chi connectivity index (χ0n) is 11.0. The molecule has 4 heteroatoms. The van der Waals surface area contributed by atoms with Crippen molar-refractivity contribution in [1.29, 1.82) is 0 Å². The predicted octanol–water partition coefficient (Wildman–Crippen LogP) is 4.37. The van der Waals surface area contributed by atoms with Gasteiger partial charge in [0.1, 0.15) is 5.82 Å². The van der Waals surface area contributed by atoms with Gasteiger partial charge in [-0.2, -0.15) is 0 Å². The summed E-state index contributed by atoms with van der Waals surface area (Å²) in [6, 6.07) is 4.84. The molecule has 0 radical (unpaired) electrons. The third-order valence-corrected chi connectivity index (χ3v) is 4.04. The largest absolute Gasteiger partial charge is 0.271 e. The molecule has 2 rings (SSSR count). The highest BCUT2D eigenvalue weighted by Crippen LogP contribution is 2.30. The van der Waals surface area contributed by atoms with Crippen LogP contribution in [0.15, 0.2) is 34.3 Å². The lowest BCUT2D eigenvalue weighted by atomic mass is 9.91. The Balaban J connectivity index is 2.26. The van der Waals surface area contributed by atoms with E-state index in [9.17, 15) is 4.39 Å². The van der Waals surface area contributed by atoms with E-state index in [2.05, 4.69) is 27.4 Å². The average molecular weight is 327 g/mol. The molecule has 0 fully saturated rings. The number of rotatable bonds is 3. The first kappa shape index (κ1) is 14.7. The SMILES string of the molecule is NNC(/C1=C/CCCCCC1)c1cc(F)cc(Br)c1. The number of hydrogen-bond acceptors (Lipinski definition) is 2. The molecule has 1 aliphatic rings. The van der Waals surface area contributed by atoms with Crippen molar-refractivity contribution < 1.29 is 4.39 Å². The molecule has 2 nitrogen and oxygen atoms in total. The summed E-state index contributed by atoms with van der Waals surface area (Å²) in [5, 5.41) is 0. The van der Waals surface area contributed by atoms with Crippen molar-refractivity contribution in [1.82, 2.24) is 5.43 Å². The topological polar surface area (TPSA) is 38.0 Å². The van der Waals surface area contributed by atoms with Crippen LogP contribution in [0.25, 0.3) is 0 Å². The highest BCUT2D eigenvalue weighted by Gasteiger charge is 2.17. The molecular weight excluding hydrogens is 307 g/mol. The van der Waals surface area contributed by atoms with Crippen molar-refractivity contribution in [2.75, 3.05) is 0 Å². The van der Waals surface area contributed by atoms with Gasteiger partial charge in [0.05, 0.1) is 6.04 Å². The van der Waals surface area contributed by atoms with Crippen LogP contribution in [-0.2, 0) is 0 Å². The van der Waals surface area contributed by atoms with E-state index in [1.807, 2.05) is 6.07 Å². The fourth-order valence-corrected chi connectivity index (χ4v) is 3.12. The summed E-state index contributed by atoms with van der Waals surface area (Å²) in [4.78, 5) is 0. The van der Waals surface area contributed by atoms with E-state index >= 15 is 0 Å². The van der Waals surface area contributed by atoms with E-state index in [1.54, 1.807) is 6.07 Å². The molecule has 0 saturated heterocycles. The second-order valence-electron chi connectivity index (χ2n) is 5.03. The maximum Gasteiger partial charge on any atom is 0.124 e. The van der Waals surface area contributed by atoms with Gasteiger partial charge in [0.25, 0.3) is 0 Å². The number of hydrogen-bond donors (Lipinski definition) is 2. The van der Waals surface area contributed by atoms with Crippen molar-refractivity contribution in [3.05, 3.63) is 45.7 Å². The maximum absolute atomic E-state index is 13.5. The van der Waals surface area contributed by atoms with Gasteiger partial charge < -0.3 is 0 Å². The van der Waals surface area contributed by atoms with E-state index in [0.717, 1.165) is 22.9 Å². The maximum atomic E-state index is 13.5. The summed E-state index contributed by atoms with van der Waals surface area (Å²) in [5.74, 6) is 5.46. The van der Waals surface area contributed by atoms with Gasteiger partial charge in [0.2, 0.25) is 0 Å². The minimum atomic E-state index is -0.240. The molecule has 0 amide bonds. The number of benzene rings is 1. The number of hydrazine groups is 1. The number of allylic oxidation sites excluding steroid dienone is 1. The molecule has 1 unspecified atom stereocenters. The summed E-state index contributed by atoms with van der Waals surface area (Å²) in [6.07, 6.45) is 9.36. The van der Waals surface area contributed by atoms with Crippen LogP contribution in [0.2, 0.25) is 0 Å². The van der Waals surface area contributed by atoms with E-state index < -0.39 is 0 Å². The summed E-state index contributed by atoms with van der Waals surface area (Å²) in [5.41, 5.74) is 4.99. The van der Waals surface area contributed by atoms with Crippen LogP contribution in [0.4, 0.5) is 4.39 Å². The molecule has 19 heavy (non-hydrogen) atoms. The van der Waals surface area contributed by atoms with Crippen LogP contribution >= 0.6 is 15.9 Å². The van der Waals surface area contributed by atoms with E-state index in [-0.39, 0.29) is 11.9 Å². The van der Waals surface area contributed by atoms with Crippen LogP contribution in [0.1, 0.15) is 50.1 Å². The second-order valence-corrected chi connectivity index (χ2v) is 5.95. The Morgan fingerprint density at radius 2 is 1.95 bits per heavy atom. The molecular formula is C15H20BrFN2. The van der Waals surface area contributed by atoms with E-state index in [4.69, 9.17) is 5.84 Å². The van der Waals surface area contributed by atoms with Gasteiger partial charge in [-0.3, -0.25) is 5.84 Å². The lowest BCUT2D eigenvalue weighted by Gasteiger charge is -2.22. The third-order valence-electron chi connectivity index (χ3n) is 3.58. The van der Waals surface area contributed by atoms with Gasteiger partial charge in [0, 0.05) is 4.47 Å². The van der Waals surface area contributed by atoms with Crippen LogP contribution in [-0.4, -0.2) is 0 Å². The zero-order chi connectivity index (χ0) is 13.7. The van der Waals surface area contributed by atoms with Crippen LogP contribution in [0.3, 0.4) is 0 Å². The Labute approximate surface area is 122 Å². The number of halogens is 2. The Morgan fingerprint density at radius 3 is 2.68 bits per heavy atom. The lowest BCUT2D eigenvalue weighted by Crippen LogP contribution is -2.29. The second kappa shape index (κ2) is 7.17. The van der Waals surface area contributed by atoms with Gasteiger partial charge in [-0.25, -0.2) is 9.82 Å². The summed E-state index contributed by atoms with van der Waals surface area (Å²) >= 11 is 3.33. The van der Waals surface area contributed by atoms with E-state index in [1.165, 1.54) is 37.3 Å². The Bertz CT molecular complexity index is 439. The van der Waals surface area contributed by atoms with Crippen LogP contribution in [0, 0.1) is 5.82 Å². The molecule has 1 aliphatic carbocycles. The van der Waals surface area contributed by atoms with Crippen molar-refractivity contribution in [3.8, 4) is 0 Å². The summed E-state index contributed by atoms with van der Waals surface area (Å²) < 4.78 is 14.3. The number of nitrogens with one attached hydrogen (secondary N) is 1. The number of nitrogens with two attached hydrogens (primary N) is 1. The molecule has 1 atom stereocenters. The van der Waals surface area contributed by atoms with Gasteiger partial charge in [-0.1, -0.05) is 40.4 Å². The fraction of sp³-hybridized carbons (Fsp3) is 0.467. The molecule has 0 saturated carbocycles. The highest BCUT2D eigenvalue weighted by molar-refractivity contribution is 9.10. The first-order valence-electron chi connectivity index (χ1n) is 6.82. The molecule has 1 aromatic rings. The fourth-order valence-electron chi connectivity index (χ4n) is 2.64. The highest BCUT2D eigenvalue weighted by atomic mass is 79.9. The Kier molecular flexibility index (Phi) is 5.55. The quantitative estimate of drug-likeness (QED) is 0.491. The molecule has 0 heterocycles. The van der Waals surface area contributed by atoms with Crippen molar-refractivity contribution >= 4 is 15.9 Å². The predicted molar refractivity (Wildman–Crippen MR) is 79.9 cm³/mol. The van der Waals surface area contributed by atoms with Gasteiger partial charge in [-0.05, 0) is 49.4 Å². The molecule has 0 aromatic heterocycles. The summed E-state index contributed by atoms with van der Waals surface area (Å²) in [7, 11) is 0. The van der Waals surface area contributed by atoms with Gasteiger partial charge in [-0.15, -0.1) is 0 Å². The monoisotopic (exact) mass is 326 g/mol. The summed E-state index contributed by atoms with van der Waals surface area (Å²) in [6.45, 7) is 0. The smallest absolute Gasteiger partial charge is 0.124 e. The van der Waals surface area contributed by atoms with Crippen LogP contribution in [0.5, 0.6) is 0 Å². The van der Waals surface area contributed by atoms with Crippen molar-refractivity contribution in [2.45, 2.75) is 44.6 Å². The molecule has 1 aromatic carbocycles. The van der Waals surface area contributed by atoms with Crippen LogP contribution < -0.4 is 11.3 Å². The molecule has 3 N–H and O–H groups in total. The standard InChI is InChI=1S/C15H20BrFN2/c16-13-8-12(9-14(17)10-13)15(19-18)11-6-4-2-1-3-5-7-11/h6,8-10,15,19H,1-5,7,18H2/b11-6+. The van der Waals surface area contributed by atoms with Gasteiger partial charge in [0.15, 0.2) is 0 Å². The Morgan fingerprint density at radius 1 is 1.16 bits per heavy atom. The molecule has 104 valence electrons. The third kappa shape index (κ3) is 4.13. The molecule has 0 spiro atoms. The minimum Gasteiger partial charge on any atom is -0.271 e. The molecule has 0 bridgehead atoms. The Hall–Kier alpha value is -0.710. The van der Waals surface area contributed by atoms with Crippen molar-refractivity contribution in [2.24, 2.45) is 5.84 Å². The van der Waals surface area contributed by atoms with E-state index in [0.29, 0.717) is 0 Å². The normalized spacial score (nSPS) is 21.1. The minimum absolute atomic E-state index is 0.0925. The first-order chi connectivity index (χ1) is 9.20. The zero-order valence-corrected chi connectivity index (χ0v) is 12.5. The molecule has 0 aliphatic heterocycles.